The molecule has 0 bridgehead atoms. The number of hydrogen-bond donors (Lipinski definition) is 2. The van der Waals surface area contributed by atoms with Crippen molar-refractivity contribution in [1.82, 2.24) is 9.62 Å². The number of nitrogens with zero attached hydrogens (tertiary/aromatic N) is 3. The molecule has 1 aliphatic carbocycles. The van der Waals surface area contributed by atoms with Crippen molar-refractivity contribution in [3.05, 3.63) is 93.5 Å². The number of nitrogens with one attached hydrogen (secondary N) is 2. The maximum absolute atomic E-state index is 13.1. The van der Waals surface area contributed by atoms with E-state index in [9.17, 15) is 23.3 Å². The number of hydrogen-bond acceptors (Lipinski definition) is 9. The first-order valence-corrected chi connectivity index (χ1v) is 19.4. The van der Waals surface area contributed by atoms with Crippen LogP contribution in [0.5, 0.6) is 0 Å². The van der Waals surface area contributed by atoms with Crippen molar-refractivity contribution in [2.45, 2.75) is 75.3 Å². The maximum Gasteiger partial charge on any atom is 0.293 e. The average molecular weight is 702 g/mol. The minimum absolute atomic E-state index is 0.200. The van der Waals surface area contributed by atoms with E-state index in [4.69, 9.17) is 4.74 Å². The normalized spacial score (nSPS) is 21.5. The summed E-state index contributed by atoms with van der Waals surface area (Å²) in [6.07, 6.45) is 9.02. The van der Waals surface area contributed by atoms with Crippen LogP contribution in [0.3, 0.4) is 0 Å². The Bertz CT molecular complexity index is 1810. The zero-order valence-electron chi connectivity index (χ0n) is 28.7. The van der Waals surface area contributed by atoms with Crippen molar-refractivity contribution in [3.8, 4) is 0 Å². The molecule has 3 aliphatic heterocycles. The first-order valence-electron chi connectivity index (χ1n) is 17.9. The molecule has 50 heavy (non-hydrogen) atoms. The highest BCUT2D eigenvalue weighted by Crippen LogP contribution is 2.54. The van der Waals surface area contributed by atoms with Crippen LogP contribution >= 0.6 is 0 Å². The molecule has 4 aliphatic rings. The van der Waals surface area contributed by atoms with Crippen molar-refractivity contribution >= 4 is 33.0 Å². The Balaban J connectivity index is 0.922. The van der Waals surface area contributed by atoms with Crippen molar-refractivity contribution in [3.63, 3.8) is 0 Å². The number of carbonyl (C=O) groups excluding carboxylic acids is 1. The molecule has 11 nitrogen and oxygen atoms in total. The van der Waals surface area contributed by atoms with Gasteiger partial charge in [-0.15, -0.1) is 0 Å². The van der Waals surface area contributed by atoms with Crippen LogP contribution in [-0.2, 0) is 14.8 Å². The standard InChI is InChI=1S/C38H47N5O6S/c1-27-5-2-3-6-33(27)35-7-4-18-42(35)31-24-38(25-31)16-19-41(20-17-38)30-10-8-29(9-11-30)37(44)40-50(47,48)32-12-13-34(36(23-32)43(45)46)39-26-28-14-21-49-22-15-28/h2-3,5-6,8-13,23,28,31,35,39H,4,7,14-22,24-26H2,1H3,(H,40,44)/t35-/m0/s1. The lowest BCUT2D eigenvalue weighted by molar-refractivity contribution is -0.384. The highest BCUT2D eigenvalue weighted by Gasteiger charge is 2.49. The number of sulfonamides is 1. The molecular weight excluding hydrogens is 655 g/mol. The third-order valence-electron chi connectivity index (χ3n) is 11.6. The lowest BCUT2D eigenvalue weighted by atomic mass is 9.59. The summed E-state index contributed by atoms with van der Waals surface area (Å²) in [5.74, 6) is -0.470. The Morgan fingerprint density at radius 3 is 2.40 bits per heavy atom. The van der Waals surface area contributed by atoms with Crippen molar-refractivity contribution in [2.75, 3.05) is 49.6 Å². The predicted octanol–water partition coefficient (Wildman–Crippen LogP) is 6.45. The van der Waals surface area contributed by atoms with Gasteiger partial charge in [0.25, 0.3) is 21.6 Å². The van der Waals surface area contributed by atoms with Crippen molar-refractivity contribution in [2.24, 2.45) is 11.3 Å². The molecule has 1 amide bonds. The monoisotopic (exact) mass is 701 g/mol. The lowest BCUT2D eigenvalue weighted by Gasteiger charge is -2.56. The van der Waals surface area contributed by atoms with Gasteiger partial charge in [-0.2, -0.15) is 0 Å². The van der Waals surface area contributed by atoms with Gasteiger partial charge in [-0.3, -0.25) is 19.8 Å². The number of amides is 1. The highest BCUT2D eigenvalue weighted by atomic mass is 32.2. The van der Waals surface area contributed by atoms with Crippen molar-refractivity contribution < 1.29 is 22.9 Å². The van der Waals surface area contributed by atoms with Gasteiger partial charge in [-0.25, -0.2) is 13.1 Å². The van der Waals surface area contributed by atoms with E-state index in [2.05, 4.69) is 51.0 Å². The van der Waals surface area contributed by atoms with Gasteiger partial charge in [-0.1, -0.05) is 24.3 Å². The zero-order valence-corrected chi connectivity index (χ0v) is 29.5. The summed E-state index contributed by atoms with van der Waals surface area (Å²) in [6, 6.07) is 20.7. The number of benzene rings is 3. The molecule has 0 radical (unpaired) electrons. The average Bonchev–Trinajstić information content (AvgIpc) is 3.59. The second-order valence-corrected chi connectivity index (χ2v) is 16.3. The number of nitro benzene ring substituents is 1. The van der Waals surface area contributed by atoms with Crippen LogP contribution in [0.25, 0.3) is 0 Å². The first kappa shape index (κ1) is 34.4. The number of ether oxygens (including phenoxy) is 1. The summed E-state index contributed by atoms with van der Waals surface area (Å²) in [5, 5.41) is 14.9. The minimum Gasteiger partial charge on any atom is -0.381 e. The van der Waals surface area contributed by atoms with Crippen LogP contribution < -0.4 is 14.9 Å². The molecule has 7 rings (SSSR count). The molecule has 0 unspecified atom stereocenters. The number of anilines is 2. The number of nitro groups is 1. The summed E-state index contributed by atoms with van der Waals surface area (Å²) in [7, 11) is -4.35. The topological polar surface area (TPSA) is 134 Å². The first-order chi connectivity index (χ1) is 24.1. The van der Waals surface area contributed by atoms with Gasteiger partial charge in [-0.05, 0) is 124 Å². The molecular formula is C38H47N5O6S. The fourth-order valence-corrected chi connectivity index (χ4v) is 9.58. The smallest absolute Gasteiger partial charge is 0.293 e. The van der Waals surface area contributed by atoms with Crippen molar-refractivity contribution in [1.29, 1.82) is 0 Å². The summed E-state index contributed by atoms with van der Waals surface area (Å²) < 4.78 is 33.7. The Kier molecular flexibility index (Phi) is 9.87. The van der Waals surface area contributed by atoms with E-state index < -0.39 is 20.9 Å². The molecule has 1 saturated carbocycles. The largest absolute Gasteiger partial charge is 0.381 e. The molecule has 1 spiro atoms. The maximum atomic E-state index is 13.1. The Morgan fingerprint density at radius 1 is 0.980 bits per heavy atom. The SMILES string of the molecule is Cc1ccccc1[C@@H]1CCCN1C1CC2(CCN(c3ccc(C(=O)NS(=O)(=O)c4ccc(NCC5CCOCC5)c([N+](=O)[O-])c4)cc3)CC2)C1. The van der Waals surface area contributed by atoms with Crippen LogP contribution in [0.4, 0.5) is 17.1 Å². The summed E-state index contributed by atoms with van der Waals surface area (Å²) in [6.45, 7) is 7.15. The Labute approximate surface area is 294 Å². The molecule has 266 valence electrons. The molecule has 1 atom stereocenters. The van der Waals surface area contributed by atoms with Gasteiger partial charge in [0.1, 0.15) is 5.69 Å². The summed E-state index contributed by atoms with van der Waals surface area (Å²) >= 11 is 0. The molecule has 12 heteroatoms. The Morgan fingerprint density at radius 2 is 1.70 bits per heavy atom. The molecule has 3 aromatic rings. The second kappa shape index (κ2) is 14.3. The molecule has 3 aromatic carbocycles. The van der Waals surface area contributed by atoms with Gasteiger partial charge < -0.3 is 15.0 Å². The number of aryl methyl sites for hydroxylation is 1. The van der Waals surface area contributed by atoms with Crippen LogP contribution in [-0.4, -0.2) is 69.6 Å². The third kappa shape index (κ3) is 7.24. The van der Waals surface area contributed by atoms with E-state index in [1.54, 1.807) is 12.1 Å². The van der Waals surface area contributed by atoms with E-state index in [0.717, 1.165) is 50.5 Å². The van der Waals surface area contributed by atoms with E-state index in [-0.39, 0.29) is 21.8 Å². The predicted molar refractivity (Wildman–Crippen MR) is 193 cm³/mol. The quantitative estimate of drug-likeness (QED) is 0.181. The van der Waals surface area contributed by atoms with Gasteiger partial charge in [0.15, 0.2) is 0 Å². The van der Waals surface area contributed by atoms with Crippen LogP contribution in [0.1, 0.15) is 78.9 Å². The number of carbonyl (C=O) groups is 1. The Hall–Kier alpha value is -4.00. The molecule has 0 aromatic heterocycles. The van der Waals surface area contributed by atoms with E-state index in [0.29, 0.717) is 43.2 Å². The van der Waals surface area contributed by atoms with Crippen LogP contribution in [0, 0.1) is 28.4 Å². The van der Waals surface area contributed by atoms with Gasteiger partial charge in [0, 0.05) is 62.2 Å². The fourth-order valence-electron chi connectivity index (χ4n) is 8.59. The number of likely N-dealkylation sites (tertiary alicyclic amines) is 1. The van der Waals surface area contributed by atoms with Crippen LogP contribution in [0.15, 0.2) is 71.6 Å². The van der Waals surface area contributed by atoms with Gasteiger partial charge in [0.2, 0.25) is 0 Å². The molecule has 4 fully saturated rings. The van der Waals surface area contributed by atoms with E-state index >= 15 is 0 Å². The van der Waals surface area contributed by atoms with Crippen LogP contribution in [0.2, 0.25) is 0 Å². The second-order valence-electron chi connectivity index (χ2n) is 14.7. The fraction of sp³-hybridized carbons (Fsp3) is 0.500. The van der Waals surface area contributed by atoms with E-state index in [1.165, 1.54) is 55.5 Å². The number of rotatable bonds is 10. The molecule has 2 N–H and O–H groups in total. The third-order valence-corrected chi connectivity index (χ3v) is 12.9. The zero-order chi connectivity index (χ0) is 34.9. The van der Waals surface area contributed by atoms with Gasteiger partial charge in [0.05, 0.1) is 9.82 Å². The lowest BCUT2D eigenvalue weighted by Crippen LogP contribution is -2.54. The summed E-state index contributed by atoms with van der Waals surface area (Å²) in [5.41, 5.74) is 4.37. The molecule has 3 heterocycles. The van der Waals surface area contributed by atoms with E-state index in [1.807, 2.05) is 12.1 Å². The summed E-state index contributed by atoms with van der Waals surface area (Å²) in [4.78, 5) is 29.0. The van der Waals surface area contributed by atoms with Gasteiger partial charge >= 0.3 is 0 Å². The highest BCUT2D eigenvalue weighted by molar-refractivity contribution is 7.90. The minimum atomic E-state index is -4.35. The number of piperidine rings is 1. The molecule has 3 saturated heterocycles.